The van der Waals surface area contributed by atoms with Crippen molar-refractivity contribution in [3.05, 3.63) is 42.5 Å². The summed E-state index contributed by atoms with van der Waals surface area (Å²) < 4.78 is 0. The Morgan fingerprint density at radius 3 is 2.68 bits per heavy atom. The summed E-state index contributed by atoms with van der Waals surface area (Å²) in [5, 5.41) is 2.01. The Balaban J connectivity index is 1.54. The third kappa shape index (κ3) is 3.96. The van der Waals surface area contributed by atoms with Gasteiger partial charge in [-0.05, 0) is 49.8 Å². The van der Waals surface area contributed by atoms with Gasteiger partial charge in [0.25, 0.3) is 0 Å². The summed E-state index contributed by atoms with van der Waals surface area (Å²) in [6, 6.07) is 9.47. The molecule has 1 aromatic carbocycles. The van der Waals surface area contributed by atoms with Crippen molar-refractivity contribution < 1.29 is 9.63 Å². The van der Waals surface area contributed by atoms with Gasteiger partial charge in [0, 0.05) is 50.7 Å². The van der Waals surface area contributed by atoms with Gasteiger partial charge in [0.15, 0.2) is 0 Å². The molecule has 0 bridgehead atoms. The van der Waals surface area contributed by atoms with Gasteiger partial charge in [-0.15, -0.1) is 6.58 Å². The number of allylic oxidation sites excluding steroid dienone is 1. The first-order valence-corrected chi connectivity index (χ1v) is 10.8. The van der Waals surface area contributed by atoms with Gasteiger partial charge in [-0.3, -0.25) is 9.63 Å². The van der Waals surface area contributed by atoms with Crippen molar-refractivity contribution in [1.29, 1.82) is 0 Å². The molecule has 0 spiro atoms. The second-order valence-electron chi connectivity index (χ2n) is 8.43. The molecule has 0 radical (unpaired) electrons. The van der Waals surface area contributed by atoms with E-state index in [0.717, 1.165) is 32.5 Å². The lowest BCUT2D eigenvalue weighted by Crippen LogP contribution is -2.49. The van der Waals surface area contributed by atoms with E-state index < -0.39 is 0 Å². The fraction of sp³-hybridized carbons (Fsp3) is 0.609. The van der Waals surface area contributed by atoms with Crippen molar-refractivity contribution in [2.24, 2.45) is 5.92 Å². The molecule has 3 fully saturated rings. The number of fused-ring (bicyclic) bond motifs is 1. The SMILES string of the molecule is C=CCCC(=O)N1C[C@H]2CON(C)[C@H]2C[C@H]1c1ccc(N2CCCCC2)cc1. The quantitative estimate of drug-likeness (QED) is 0.725. The Kier molecular flexibility index (Phi) is 6.02. The van der Waals surface area contributed by atoms with Gasteiger partial charge in [-0.1, -0.05) is 18.2 Å². The second kappa shape index (κ2) is 8.66. The molecule has 1 aromatic rings. The monoisotopic (exact) mass is 383 g/mol. The van der Waals surface area contributed by atoms with E-state index in [2.05, 4.69) is 40.6 Å². The van der Waals surface area contributed by atoms with Crippen LogP contribution in [0.4, 0.5) is 5.69 Å². The van der Waals surface area contributed by atoms with Crippen molar-refractivity contribution in [2.45, 2.75) is 50.6 Å². The summed E-state index contributed by atoms with van der Waals surface area (Å²) in [6.45, 7) is 7.57. The number of benzene rings is 1. The van der Waals surface area contributed by atoms with Crippen LogP contribution in [0.5, 0.6) is 0 Å². The molecule has 5 nitrogen and oxygen atoms in total. The maximum absolute atomic E-state index is 12.9. The molecule has 0 unspecified atom stereocenters. The van der Waals surface area contributed by atoms with Crippen LogP contribution in [0.1, 0.15) is 50.1 Å². The highest BCUT2D eigenvalue weighted by Crippen LogP contribution is 2.39. The predicted octanol–water partition coefficient (Wildman–Crippen LogP) is 3.78. The highest BCUT2D eigenvalue weighted by molar-refractivity contribution is 5.77. The minimum Gasteiger partial charge on any atom is -0.372 e. The molecule has 4 rings (SSSR count). The van der Waals surface area contributed by atoms with Crippen LogP contribution in [-0.4, -0.2) is 55.2 Å². The zero-order chi connectivity index (χ0) is 19.5. The number of anilines is 1. The van der Waals surface area contributed by atoms with Crippen molar-refractivity contribution in [3.63, 3.8) is 0 Å². The highest BCUT2D eigenvalue weighted by atomic mass is 16.7. The van der Waals surface area contributed by atoms with E-state index in [0.29, 0.717) is 25.0 Å². The van der Waals surface area contributed by atoms with Gasteiger partial charge in [0.05, 0.1) is 12.6 Å². The number of carbonyl (C=O) groups is 1. The second-order valence-corrected chi connectivity index (χ2v) is 8.43. The van der Waals surface area contributed by atoms with Crippen LogP contribution in [0.25, 0.3) is 0 Å². The molecule has 0 aliphatic carbocycles. The van der Waals surface area contributed by atoms with E-state index in [4.69, 9.17) is 4.84 Å². The fourth-order valence-electron chi connectivity index (χ4n) is 4.99. The topological polar surface area (TPSA) is 36.0 Å². The largest absolute Gasteiger partial charge is 0.372 e. The summed E-state index contributed by atoms with van der Waals surface area (Å²) in [7, 11) is 2.02. The Morgan fingerprint density at radius 1 is 1.21 bits per heavy atom. The van der Waals surface area contributed by atoms with Crippen LogP contribution < -0.4 is 4.90 Å². The lowest BCUT2D eigenvalue weighted by atomic mass is 9.85. The number of amides is 1. The minimum atomic E-state index is 0.123. The van der Waals surface area contributed by atoms with Crippen LogP contribution >= 0.6 is 0 Å². The van der Waals surface area contributed by atoms with Crippen LogP contribution in [-0.2, 0) is 9.63 Å². The zero-order valence-corrected chi connectivity index (χ0v) is 17.1. The molecule has 1 amide bonds. The predicted molar refractivity (Wildman–Crippen MR) is 112 cm³/mol. The third-order valence-electron chi connectivity index (χ3n) is 6.66. The number of hydrogen-bond donors (Lipinski definition) is 0. The Labute approximate surface area is 168 Å². The summed E-state index contributed by atoms with van der Waals surface area (Å²) in [5.74, 6) is 0.638. The summed E-state index contributed by atoms with van der Waals surface area (Å²) in [5.41, 5.74) is 2.55. The first-order valence-electron chi connectivity index (χ1n) is 10.8. The molecule has 0 saturated carbocycles. The lowest BCUT2D eigenvalue weighted by molar-refractivity contribution is -0.139. The van der Waals surface area contributed by atoms with Crippen LogP contribution in [0.3, 0.4) is 0 Å². The molecule has 0 aromatic heterocycles. The van der Waals surface area contributed by atoms with E-state index in [1.54, 1.807) is 0 Å². The molecule has 0 N–H and O–H groups in total. The molecule has 3 atom stereocenters. The van der Waals surface area contributed by atoms with E-state index in [1.807, 2.05) is 18.2 Å². The normalized spacial score (nSPS) is 28.2. The molecule has 152 valence electrons. The van der Waals surface area contributed by atoms with Crippen LogP contribution in [0.15, 0.2) is 36.9 Å². The fourth-order valence-corrected chi connectivity index (χ4v) is 4.99. The Morgan fingerprint density at radius 2 is 1.96 bits per heavy atom. The molecule has 5 heteroatoms. The van der Waals surface area contributed by atoms with E-state index in [9.17, 15) is 4.79 Å². The van der Waals surface area contributed by atoms with Crippen LogP contribution in [0.2, 0.25) is 0 Å². The summed E-state index contributed by atoms with van der Waals surface area (Å²) in [6.07, 6.45) is 7.96. The van der Waals surface area contributed by atoms with Gasteiger partial charge in [-0.25, -0.2) is 0 Å². The number of carbonyl (C=O) groups excluding carboxylic acids is 1. The number of likely N-dealkylation sites (tertiary alicyclic amines) is 1. The molecule has 28 heavy (non-hydrogen) atoms. The lowest BCUT2D eigenvalue weighted by Gasteiger charge is -2.42. The third-order valence-corrected chi connectivity index (χ3v) is 6.66. The van der Waals surface area contributed by atoms with Crippen molar-refractivity contribution >= 4 is 11.6 Å². The average molecular weight is 384 g/mol. The van der Waals surface area contributed by atoms with Gasteiger partial charge in [0.1, 0.15) is 0 Å². The standard InChI is InChI=1S/C23H33N3O2/c1-3-4-8-23(27)26-16-19-17-28-24(2)21(19)15-22(26)18-9-11-20(12-10-18)25-13-6-5-7-14-25/h3,9-12,19,21-22H,1,4-8,13-17H2,2H3/t19-,21-,22-/m0/s1. The molecular formula is C23H33N3O2. The number of hydroxylamine groups is 2. The minimum absolute atomic E-state index is 0.123. The number of nitrogens with zero attached hydrogens (tertiary/aromatic N) is 3. The zero-order valence-electron chi connectivity index (χ0n) is 17.1. The van der Waals surface area contributed by atoms with Crippen molar-refractivity contribution in [3.8, 4) is 0 Å². The Hall–Kier alpha value is -1.85. The van der Waals surface area contributed by atoms with Gasteiger partial charge >= 0.3 is 0 Å². The highest BCUT2D eigenvalue weighted by Gasteiger charge is 2.43. The van der Waals surface area contributed by atoms with E-state index in [1.165, 1.54) is 30.5 Å². The van der Waals surface area contributed by atoms with Gasteiger partial charge < -0.3 is 9.80 Å². The smallest absolute Gasteiger partial charge is 0.223 e. The van der Waals surface area contributed by atoms with Gasteiger partial charge in [-0.2, -0.15) is 5.06 Å². The van der Waals surface area contributed by atoms with Crippen molar-refractivity contribution in [2.75, 3.05) is 38.2 Å². The Bertz CT molecular complexity index is 684. The molecule has 3 saturated heterocycles. The summed E-state index contributed by atoms with van der Waals surface area (Å²) >= 11 is 0. The average Bonchev–Trinajstić information content (AvgIpc) is 3.12. The summed E-state index contributed by atoms with van der Waals surface area (Å²) in [4.78, 5) is 23.3. The maximum Gasteiger partial charge on any atom is 0.223 e. The first-order chi connectivity index (χ1) is 13.7. The molecule has 3 aliphatic rings. The first kappa shape index (κ1) is 19.5. The van der Waals surface area contributed by atoms with Gasteiger partial charge in [0.2, 0.25) is 5.91 Å². The van der Waals surface area contributed by atoms with Crippen molar-refractivity contribution in [1.82, 2.24) is 9.96 Å². The van der Waals surface area contributed by atoms with Crippen LogP contribution in [0, 0.1) is 5.92 Å². The van der Waals surface area contributed by atoms with E-state index in [-0.39, 0.29) is 11.9 Å². The number of hydrogen-bond acceptors (Lipinski definition) is 4. The van der Waals surface area contributed by atoms with E-state index >= 15 is 0 Å². The molecule has 3 aliphatic heterocycles. The molecule has 3 heterocycles. The number of rotatable bonds is 5. The maximum atomic E-state index is 12.9. The number of piperidine rings is 2. The molecular weight excluding hydrogens is 350 g/mol.